The smallest absolute Gasteiger partial charge is 0.225 e. The zero-order valence-electron chi connectivity index (χ0n) is 13.8. The van der Waals surface area contributed by atoms with Gasteiger partial charge in [0.05, 0.1) is 12.6 Å². The number of methoxy groups -OCH3 is 1. The van der Waals surface area contributed by atoms with Crippen molar-refractivity contribution in [3.63, 3.8) is 0 Å². The summed E-state index contributed by atoms with van der Waals surface area (Å²) in [6.45, 7) is 1.53. The van der Waals surface area contributed by atoms with Gasteiger partial charge in [-0.25, -0.2) is 0 Å². The highest BCUT2D eigenvalue weighted by Gasteiger charge is 2.30. The third kappa shape index (κ3) is 3.74. The van der Waals surface area contributed by atoms with Crippen molar-refractivity contribution in [3.8, 4) is 0 Å². The minimum absolute atomic E-state index is 0.0679. The fraction of sp³-hybridized carbons (Fsp3) is 0.368. The van der Waals surface area contributed by atoms with Gasteiger partial charge in [0.15, 0.2) is 0 Å². The van der Waals surface area contributed by atoms with Crippen molar-refractivity contribution in [2.24, 2.45) is 0 Å². The Balaban J connectivity index is 1.65. The van der Waals surface area contributed by atoms with E-state index < -0.39 is 0 Å². The number of ether oxygens (including phenoxy) is 1. The van der Waals surface area contributed by atoms with Gasteiger partial charge in [-0.3, -0.25) is 9.59 Å². The van der Waals surface area contributed by atoms with Crippen molar-refractivity contribution in [1.82, 2.24) is 10.2 Å². The molecule has 0 radical (unpaired) electrons. The van der Waals surface area contributed by atoms with Crippen molar-refractivity contribution in [2.45, 2.75) is 25.4 Å². The number of nitrogens with one attached hydrogen (secondary N) is 1. The van der Waals surface area contributed by atoms with E-state index in [1.807, 2.05) is 23.1 Å². The number of carbonyl (C=O) groups is 2. The lowest BCUT2D eigenvalue weighted by molar-refractivity contribution is -0.128. The van der Waals surface area contributed by atoms with E-state index in [0.29, 0.717) is 32.5 Å². The Morgan fingerprint density at radius 3 is 2.88 bits per heavy atom. The van der Waals surface area contributed by atoms with Gasteiger partial charge < -0.3 is 15.0 Å². The van der Waals surface area contributed by atoms with Gasteiger partial charge in [0.25, 0.3) is 0 Å². The van der Waals surface area contributed by atoms with E-state index in [2.05, 4.69) is 29.6 Å². The lowest BCUT2D eigenvalue weighted by Crippen LogP contribution is -2.37. The standard InChI is InChI=1S/C19H22N2O3/c1-24-10-9-18(22)20-16-11-19(23)21(13-16)12-15-7-4-6-14-5-2-3-8-17(14)15/h2-8,16H,9-13H2,1H3,(H,20,22)/t16-/m0/s1. The average Bonchev–Trinajstić information content (AvgIpc) is 2.92. The molecule has 0 bridgehead atoms. The molecule has 1 N–H and O–H groups in total. The van der Waals surface area contributed by atoms with Crippen LogP contribution in [0.2, 0.25) is 0 Å². The fourth-order valence-corrected chi connectivity index (χ4v) is 3.15. The monoisotopic (exact) mass is 326 g/mol. The summed E-state index contributed by atoms with van der Waals surface area (Å²) < 4.78 is 4.90. The van der Waals surface area contributed by atoms with Crippen LogP contribution in [0, 0.1) is 0 Å². The third-order valence-corrected chi connectivity index (χ3v) is 4.35. The minimum Gasteiger partial charge on any atom is -0.384 e. The van der Waals surface area contributed by atoms with Crippen LogP contribution in [0.5, 0.6) is 0 Å². The van der Waals surface area contributed by atoms with Gasteiger partial charge in [-0.2, -0.15) is 0 Å². The van der Waals surface area contributed by atoms with Crippen LogP contribution in [0.1, 0.15) is 18.4 Å². The summed E-state index contributed by atoms with van der Waals surface area (Å²) in [5, 5.41) is 5.25. The number of hydrogen-bond donors (Lipinski definition) is 1. The van der Waals surface area contributed by atoms with Crippen molar-refractivity contribution >= 4 is 22.6 Å². The second-order valence-electron chi connectivity index (χ2n) is 6.12. The zero-order valence-corrected chi connectivity index (χ0v) is 13.8. The van der Waals surface area contributed by atoms with Crippen LogP contribution in [0.4, 0.5) is 0 Å². The number of nitrogens with zero attached hydrogens (tertiary/aromatic N) is 1. The molecule has 0 unspecified atom stereocenters. The Labute approximate surface area is 141 Å². The van der Waals surface area contributed by atoms with E-state index >= 15 is 0 Å². The first-order valence-electron chi connectivity index (χ1n) is 8.20. The first-order chi connectivity index (χ1) is 11.7. The molecule has 1 fully saturated rings. The molecule has 1 atom stereocenters. The highest BCUT2D eigenvalue weighted by Crippen LogP contribution is 2.22. The highest BCUT2D eigenvalue weighted by atomic mass is 16.5. The van der Waals surface area contributed by atoms with Crippen molar-refractivity contribution in [1.29, 1.82) is 0 Å². The van der Waals surface area contributed by atoms with Crippen LogP contribution in [-0.4, -0.2) is 43.0 Å². The van der Waals surface area contributed by atoms with Gasteiger partial charge >= 0.3 is 0 Å². The Morgan fingerprint density at radius 2 is 2.04 bits per heavy atom. The maximum Gasteiger partial charge on any atom is 0.225 e. The molecule has 1 aliphatic heterocycles. The second kappa shape index (κ2) is 7.45. The molecular formula is C19H22N2O3. The zero-order chi connectivity index (χ0) is 16.9. The molecule has 2 aromatic carbocycles. The quantitative estimate of drug-likeness (QED) is 0.884. The maximum absolute atomic E-state index is 12.3. The van der Waals surface area contributed by atoms with Crippen molar-refractivity contribution in [2.75, 3.05) is 20.3 Å². The van der Waals surface area contributed by atoms with E-state index in [-0.39, 0.29) is 17.9 Å². The van der Waals surface area contributed by atoms with Crippen LogP contribution in [-0.2, 0) is 20.9 Å². The first kappa shape index (κ1) is 16.5. The molecule has 0 saturated carbocycles. The van der Waals surface area contributed by atoms with Crippen LogP contribution in [0.15, 0.2) is 42.5 Å². The van der Waals surface area contributed by atoms with Gasteiger partial charge in [0, 0.05) is 33.0 Å². The topological polar surface area (TPSA) is 58.6 Å². The van der Waals surface area contributed by atoms with E-state index in [1.165, 1.54) is 10.8 Å². The van der Waals surface area contributed by atoms with E-state index in [4.69, 9.17) is 4.74 Å². The van der Waals surface area contributed by atoms with Gasteiger partial charge in [-0.05, 0) is 16.3 Å². The molecular weight excluding hydrogens is 304 g/mol. The number of hydrogen-bond acceptors (Lipinski definition) is 3. The molecule has 0 aromatic heterocycles. The van der Waals surface area contributed by atoms with Crippen LogP contribution < -0.4 is 5.32 Å². The minimum atomic E-state index is -0.114. The van der Waals surface area contributed by atoms with Gasteiger partial charge in [-0.1, -0.05) is 42.5 Å². The molecule has 126 valence electrons. The lowest BCUT2D eigenvalue weighted by atomic mass is 10.0. The molecule has 5 nitrogen and oxygen atoms in total. The largest absolute Gasteiger partial charge is 0.384 e. The van der Waals surface area contributed by atoms with E-state index in [0.717, 1.165) is 5.56 Å². The summed E-state index contributed by atoms with van der Waals surface area (Å²) in [6, 6.07) is 14.2. The molecule has 0 aliphatic carbocycles. The fourth-order valence-electron chi connectivity index (χ4n) is 3.15. The van der Waals surface area contributed by atoms with Gasteiger partial charge in [0.2, 0.25) is 11.8 Å². The predicted molar refractivity (Wildman–Crippen MR) is 92.4 cm³/mol. The number of likely N-dealkylation sites (tertiary alicyclic amines) is 1. The number of amides is 2. The Kier molecular flexibility index (Phi) is 5.11. The Hall–Kier alpha value is -2.40. The van der Waals surface area contributed by atoms with Crippen LogP contribution >= 0.6 is 0 Å². The molecule has 1 heterocycles. The molecule has 3 rings (SSSR count). The molecule has 5 heteroatoms. The lowest BCUT2D eigenvalue weighted by Gasteiger charge is -2.18. The van der Waals surface area contributed by atoms with Gasteiger partial charge in [0.1, 0.15) is 0 Å². The normalized spacial score (nSPS) is 17.5. The summed E-state index contributed by atoms with van der Waals surface area (Å²) in [6.07, 6.45) is 0.688. The summed E-state index contributed by atoms with van der Waals surface area (Å²) in [5.41, 5.74) is 1.13. The summed E-state index contributed by atoms with van der Waals surface area (Å²) in [5.74, 6) is 0.0154. The maximum atomic E-state index is 12.3. The number of benzene rings is 2. The Bertz CT molecular complexity index is 739. The molecule has 24 heavy (non-hydrogen) atoms. The van der Waals surface area contributed by atoms with Crippen molar-refractivity contribution in [3.05, 3.63) is 48.0 Å². The van der Waals surface area contributed by atoms with Crippen LogP contribution in [0.3, 0.4) is 0 Å². The Morgan fingerprint density at radius 1 is 1.25 bits per heavy atom. The third-order valence-electron chi connectivity index (χ3n) is 4.35. The number of rotatable bonds is 6. The summed E-state index contributed by atoms with van der Waals surface area (Å²) >= 11 is 0. The molecule has 1 saturated heterocycles. The molecule has 1 aliphatic rings. The second-order valence-corrected chi connectivity index (χ2v) is 6.12. The van der Waals surface area contributed by atoms with Crippen LogP contribution in [0.25, 0.3) is 10.8 Å². The number of fused-ring (bicyclic) bond motifs is 1. The predicted octanol–water partition coefficient (Wildman–Crippen LogP) is 2.09. The van der Waals surface area contributed by atoms with E-state index in [1.54, 1.807) is 7.11 Å². The first-order valence-corrected chi connectivity index (χ1v) is 8.20. The van der Waals surface area contributed by atoms with E-state index in [9.17, 15) is 9.59 Å². The van der Waals surface area contributed by atoms with Crippen molar-refractivity contribution < 1.29 is 14.3 Å². The van der Waals surface area contributed by atoms with Gasteiger partial charge in [-0.15, -0.1) is 0 Å². The SMILES string of the molecule is COCCC(=O)N[C@H]1CC(=O)N(Cc2cccc3ccccc23)C1. The summed E-state index contributed by atoms with van der Waals surface area (Å²) in [7, 11) is 1.57. The summed E-state index contributed by atoms with van der Waals surface area (Å²) in [4.78, 5) is 25.9. The number of carbonyl (C=O) groups excluding carboxylic acids is 2. The average molecular weight is 326 g/mol. The molecule has 2 aromatic rings. The molecule has 0 spiro atoms. The molecule has 2 amide bonds. The highest BCUT2D eigenvalue weighted by molar-refractivity contribution is 5.87.